The second-order valence-electron chi connectivity index (χ2n) is 6.53. The highest BCUT2D eigenvalue weighted by Crippen LogP contribution is 2.22. The van der Waals surface area contributed by atoms with Gasteiger partial charge in [-0.3, -0.25) is 4.79 Å². The third kappa shape index (κ3) is 3.42. The third-order valence-electron chi connectivity index (χ3n) is 4.29. The first-order valence-corrected chi connectivity index (χ1v) is 8.72. The Morgan fingerprint density at radius 1 is 1.00 bits per heavy atom. The van der Waals surface area contributed by atoms with Crippen LogP contribution >= 0.6 is 0 Å². The van der Waals surface area contributed by atoms with E-state index in [0.717, 1.165) is 16.9 Å². The number of halogens is 1. The number of nitrogens with zero attached hydrogens (tertiary/aromatic N) is 4. The number of anilines is 2. The standard InChI is InChI=1S/C21H18FN5O/c1-26(2)20(28)15-8-12-17(13-9-15)23-21-24-19-5-3-4-18(27(19)25-21)14-6-10-16(22)11-7-14/h3-13H,1-2H3,(H,23,25). The number of amides is 1. The summed E-state index contributed by atoms with van der Waals surface area (Å²) in [6.45, 7) is 0. The average molecular weight is 375 g/mol. The molecule has 0 bridgehead atoms. The number of hydrogen-bond acceptors (Lipinski definition) is 4. The molecule has 0 aliphatic heterocycles. The number of benzene rings is 2. The van der Waals surface area contributed by atoms with E-state index in [9.17, 15) is 9.18 Å². The van der Waals surface area contributed by atoms with Gasteiger partial charge in [0.1, 0.15) is 5.82 Å². The summed E-state index contributed by atoms with van der Waals surface area (Å²) in [4.78, 5) is 18.0. The highest BCUT2D eigenvalue weighted by Gasteiger charge is 2.11. The highest BCUT2D eigenvalue weighted by atomic mass is 19.1. The van der Waals surface area contributed by atoms with Crippen LogP contribution in [0.4, 0.5) is 16.0 Å². The van der Waals surface area contributed by atoms with E-state index in [1.165, 1.54) is 17.0 Å². The minimum absolute atomic E-state index is 0.0543. The van der Waals surface area contributed by atoms with E-state index < -0.39 is 0 Å². The summed E-state index contributed by atoms with van der Waals surface area (Å²) in [6, 6.07) is 19.0. The lowest BCUT2D eigenvalue weighted by atomic mass is 10.1. The van der Waals surface area contributed by atoms with E-state index in [1.807, 2.05) is 30.3 Å². The van der Waals surface area contributed by atoms with Crippen molar-refractivity contribution in [2.24, 2.45) is 0 Å². The lowest BCUT2D eigenvalue weighted by molar-refractivity contribution is 0.0827. The van der Waals surface area contributed by atoms with Crippen LogP contribution in [0.1, 0.15) is 10.4 Å². The molecule has 0 saturated carbocycles. The van der Waals surface area contributed by atoms with Crippen LogP contribution in [-0.2, 0) is 0 Å². The topological polar surface area (TPSA) is 62.5 Å². The molecule has 0 unspecified atom stereocenters. The van der Waals surface area contributed by atoms with Gasteiger partial charge in [0.25, 0.3) is 5.91 Å². The molecule has 140 valence electrons. The number of rotatable bonds is 4. The summed E-state index contributed by atoms with van der Waals surface area (Å²) < 4.78 is 14.9. The molecular formula is C21H18FN5O. The molecular weight excluding hydrogens is 357 g/mol. The zero-order valence-electron chi connectivity index (χ0n) is 15.4. The van der Waals surface area contributed by atoms with Crippen molar-refractivity contribution in [1.82, 2.24) is 19.5 Å². The zero-order valence-corrected chi connectivity index (χ0v) is 15.4. The Bertz CT molecular complexity index is 1130. The molecule has 0 atom stereocenters. The zero-order chi connectivity index (χ0) is 19.7. The van der Waals surface area contributed by atoms with Crippen LogP contribution < -0.4 is 5.32 Å². The van der Waals surface area contributed by atoms with Crippen molar-refractivity contribution in [3.05, 3.63) is 78.1 Å². The second kappa shape index (κ2) is 7.11. The predicted octanol–water partition coefficient (Wildman–Crippen LogP) is 3.98. The molecule has 6 nitrogen and oxygen atoms in total. The van der Waals surface area contributed by atoms with Crippen molar-refractivity contribution in [3.63, 3.8) is 0 Å². The minimum atomic E-state index is -0.284. The van der Waals surface area contributed by atoms with Crippen LogP contribution in [0.2, 0.25) is 0 Å². The molecule has 0 aliphatic rings. The van der Waals surface area contributed by atoms with Crippen molar-refractivity contribution < 1.29 is 9.18 Å². The molecule has 1 N–H and O–H groups in total. The number of carbonyl (C=O) groups is 1. The van der Waals surface area contributed by atoms with Gasteiger partial charge in [0.2, 0.25) is 5.95 Å². The van der Waals surface area contributed by atoms with Crippen molar-refractivity contribution in [3.8, 4) is 11.3 Å². The molecule has 2 aromatic heterocycles. The monoisotopic (exact) mass is 375 g/mol. The largest absolute Gasteiger partial charge is 0.345 e. The fourth-order valence-corrected chi connectivity index (χ4v) is 2.88. The van der Waals surface area contributed by atoms with E-state index in [0.29, 0.717) is 17.2 Å². The van der Waals surface area contributed by atoms with E-state index >= 15 is 0 Å². The number of pyridine rings is 1. The number of hydrogen-bond donors (Lipinski definition) is 1. The Kier molecular flexibility index (Phi) is 4.49. The summed E-state index contributed by atoms with van der Waals surface area (Å²) in [5, 5.41) is 7.67. The van der Waals surface area contributed by atoms with Gasteiger partial charge in [0.15, 0.2) is 5.65 Å². The molecule has 28 heavy (non-hydrogen) atoms. The lowest BCUT2D eigenvalue weighted by Gasteiger charge is -2.10. The summed E-state index contributed by atoms with van der Waals surface area (Å²) in [7, 11) is 3.43. The van der Waals surface area contributed by atoms with Crippen LogP contribution in [0.5, 0.6) is 0 Å². The average Bonchev–Trinajstić information content (AvgIpc) is 3.11. The summed E-state index contributed by atoms with van der Waals surface area (Å²) in [5.74, 6) is 0.0932. The molecule has 4 aromatic rings. The van der Waals surface area contributed by atoms with E-state index in [-0.39, 0.29) is 11.7 Å². The first-order chi connectivity index (χ1) is 13.5. The molecule has 0 fully saturated rings. The van der Waals surface area contributed by atoms with Gasteiger partial charge >= 0.3 is 0 Å². The molecule has 0 saturated heterocycles. The van der Waals surface area contributed by atoms with Gasteiger partial charge in [-0.15, -0.1) is 5.10 Å². The van der Waals surface area contributed by atoms with Gasteiger partial charge in [0, 0.05) is 30.9 Å². The van der Waals surface area contributed by atoms with E-state index in [2.05, 4.69) is 15.4 Å². The Balaban J connectivity index is 1.63. The Labute approximate surface area is 161 Å². The van der Waals surface area contributed by atoms with Crippen LogP contribution in [-0.4, -0.2) is 39.5 Å². The van der Waals surface area contributed by atoms with Crippen LogP contribution in [0.3, 0.4) is 0 Å². The fraction of sp³-hybridized carbons (Fsp3) is 0.0952. The fourth-order valence-electron chi connectivity index (χ4n) is 2.88. The lowest BCUT2D eigenvalue weighted by Crippen LogP contribution is -2.21. The molecule has 0 radical (unpaired) electrons. The van der Waals surface area contributed by atoms with Crippen LogP contribution in [0.25, 0.3) is 16.9 Å². The Morgan fingerprint density at radius 2 is 1.71 bits per heavy atom. The van der Waals surface area contributed by atoms with E-state index in [4.69, 9.17) is 0 Å². The molecule has 2 heterocycles. The normalized spacial score (nSPS) is 10.8. The predicted molar refractivity (Wildman–Crippen MR) is 106 cm³/mol. The van der Waals surface area contributed by atoms with Crippen molar-refractivity contribution in [2.45, 2.75) is 0 Å². The number of aromatic nitrogens is 3. The van der Waals surface area contributed by atoms with Gasteiger partial charge < -0.3 is 10.2 Å². The number of nitrogens with one attached hydrogen (secondary N) is 1. The number of fused-ring (bicyclic) bond motifs is 1. The molecule has 1 amide bonds. The number of carbonyl (C=O) groups excluding carboxylic acids is 1. The minimum Gasteiger partial charge on any atom is -0.345 e. The molecule has 0 aliphatic carbocycles. The first-order valence-electron chi connectivity index (χ1n) is 8.72. The second-order valence-corrected chi connectivity index (χ2v) is 6.53. The van der Waals surface area contributed by atoms with Crippen molar-refractivity contribution >= 4 is 23.2 Å². The quantitative estimate of drug-likeness (QED) is 0.586. The van der Waals surface area contributed by atoms with Crippen molar-refractivity contribution in [1.29, 1.82) is 0 Å². The summed E-state index contributed by atoms with van der Waals surface area (Å²) in [5.41, 5.74) is 3.70. The maximum Gasteiger partial charge on any atom is 0.253 e. The molecule has 2 aromatic carbocycles. The van der Waals surface area contributed by atoms with Gasteiger partial charge in [-0.05, 0) is 60.7 Å². The van der Waals surface area contributed by atoms with Crippen molar-refractivity contribution in [2.75, 3.05) is 19.4 Å². The smallest absolute Gasteiger partial charge is 0.253 e. The Morgan fingerprint density at radius 3 is 2.39 bits per heavy atom. The summed E-state index contributed by atoms with van der Waals surface area (Å²) >= 11 is 0. The van der Waals surface area contributed by atoms with Gasteiger partial charge in [0.05, 0.1) is 5.69 Å². The van der Waals surface area contributed by atoms with Gasteiger partial charge in [-0.1, -0.05) is 6.07 Å². The SMILES string of the molecule is CN(C)C(=O)c1ccc(Nc2nc3cccc(-c4ccc(F)cc4)n3n2)cc1. The van der Waals surface area contributed by atoms with E-state index in [1.54, 1.807) is 42.9 Å². The van der Waals surface area contributed by atoms with Crippen LogP contribution in [0, 0.1) is 5.82 Å². The Hall–Kier alpha value is -3.74. The van der Waals surface area contributed by atoms with Gasteiger partial charge in [-0.2, -0.15) is 4.98 Å². The summed E-state index contributed by atoms with van der Waals surface area (Å²) in [6.07, 6.45) is 0. The van der Waals surface area contributed by atoms with Gasteiger partial charge in [-0.25, -0.2) is 8.91 Å². The van der Waals surface area contributed by atoms with Crippen LogP contribution in [0.15, 0.2) is 66.7 Å². The first kappa shape index (κ1) is 17.7. The molecule has 7 heteroatoms. The maximum atomic E-state index is 13.2. The molecule has 0 spiro atoms. The molecule has 4 rings (SSSR count). The maximum absolute atomic E-state index is 13.2. The highest BCUT2D eigenvalue weighted by molar-refractivity contribution is 5.94. The third-order valence-corrected chi connectivity index (χ3v) is 4.29.